The third-order valence-corrected chi connectivity index (χ3v) is 4.88. The molecule has 1 saturated heterocycles. The monoisotopic (exact) mass is 349 g/mol. The minimum Gasteiger partial charge on any atom is -0.388 e. The molecule has 3 rings (SSSR count). The largest absolute Gasteiger partial charge is 0.388 e. The van der Waals surface area contributed by atoms with Gasteiger partial charge < -0.3 is 10.4 Å². The Morgan fingerprint density at radius 2 is 1.81 bits per heavy atom. The zero-order valence-corrected chi connectivity index (χ0v) is 14.6. The summed E-state index contributed by atoms with van der Waals surface area (Å²) in [7, 11) is 0. The van der Waals surface area contributed by atoms with Crippen molar-refractivity contribution in [3.63, 3.8) is 0 Å². The number of nitriles is 1. The van der Waals surface area contributed by atoms with Crippen LogP contribution < -0.4 is 5.32 Å². The molecular formula is C21H23N3O2. The molecule has 1 amide bonds. The molecule has 0 aliphatic carbocycles. The Bertz CT molecular complexity index is 760. The van der Waals surface area contributed by atoms with Gasteiger partial charge in [-0.25, -0.2) is 0 Å². The molecule has 2 aromatic rings. The molecule has 1 aliphatic rings. The molecule has 0 spiro atoms. The molecule has 1 aliphatic heterocycles. The highest BCUT2D eigenvalue weighted by Crippen LogP contribution is 2.30. The summed E-state index contributed by atoms with van der Waals surface area (Å²) < 4.78 is 0. The number of hydrogen-bond donors (Lipinski definition) is 2. The van der Waals surface area contributed by atoms with Gasteiger partial charge in [0.1, 0.15) is 0 Å². The Balaban J connectivity index is 1.46. The first kappa shape index (κ1) is 18.1. The quantitative estimate of drug-likeness (QED) is 0.870. The maximum absolute atomic E-state index is 12.2. The van der Waals surface area contributed by atoms with Crippen LogP contribution in [0.15, 0.2) is 54.6 Å². The van der Waals surface area contributed by atoms with Crippen molar-refractivity contribution >= 4 is 11.6 Å². The second kappa shape index (κ2) is 8.61. The lowest BCUT2D eigenvalue weighted by Gasteiger charge is -2.34. The van der Waals surface area contributed by atoms with E-state index < -0.39 is 6.10 Å². The van der Waals surface area contributed by atoms with E-state index in [9.17, 15) is 9.90 Å². The van der Waals surface area contributed by atoms with E-state index in [0.29, 0.717) is 17.8 Å². The maximum atomic E-state index is 12.2. The standard InChI is InChI=1S/C21H23N3O2/c22-14-16-6-8-19(9-7-16)23-20(25)15-24-12-10-18(11-13-24)21(26)17-4-2-1-3-5-17/h1-9,18,21,26H,10-13,15H2,(H,23,25)/t21-/m1/s1. The molecule has 0 unspecified atom stereocenters. The molecule has 1 atom stereocenters. The van der Waals surface area contributed by atoms with E-state index in [1.807, 2.05) is 30.3 Å². The lowest BCUT2D eigenvalue weighted by atomic mass is 9.87. The van der Waals surface area contributed by atoms with Gasteiger partial charge in [-0.3, -0.25) is 9.69 Å². The van der Waals surface area contributed by atoms with E-state index >= 15 is 0 Å². The summed E-state index contributed by atoms with van der Waals surface area (Å²) in [6, 6.07) is 18.7. The maximum Gasteiger partial charge on any atom is 0.238 e. The van der Waals surface area contributed by atoms with E-state index in [4.69, 9.17) is 5.26 Å². The number of anilines is 1. The van der Waals surface area contributed by atoms with Crippen molar-refractivity contribution < 1.29 is 9.90 Å². The van der Waals surface area contributed by atoms with Crippen molar-refractivity contribution in [1.29, 1.82) is 5.26 Å². The summed E-state index contributed by atoms with van der Waals surface area (Å²) in [6.45, 7) is 1.94. The number of nitrogens with one attached hydrogen (secondary N) is 1. The highest BCUT2D eigenvalue weighted by Gasteiger charge is 2.26. The molecule has 1 heterocycles. The number of aliphatic hydroxyl groups excluding tert-OH is 1. The number of benzene rings is 2. The van der Waals surface area contributed by atoms with E-state index in [1.54, 1.807) is 24.3 Å². The molecule has 2 aromatic carbocycles. The zero-order chi connectivity index (χ0) is 18.4. The van der Waals surface area contributed by atoms with Crippen LogP contribution in [0.2, 0.25) is 0 Å². The fraction of sp³-hybridized carbons (Fsp3) is 0.333. The Kier molecular flexibility index (Phi) is 6.00. The van der Waals surface area contributed by atoms with Gasteiger partial charge in [-0.15, -0.1) is 0 Å². The number of hydrogen-bond acceptors (Lipinski definition) is 4. The summed E-state index contributed by atoms with van der Waals surface area (Å²) in [6.07, 6.45) is 1.31. The van der Waals surface area contributed by atoms with Gasteiger partial charge in [-0.1, -0.05) is 30.3 Å². The highest BCUT2D eigenvalue weighted by atomic mass is 16.3. The molecule has 1 fully saturated rings. The molecule has 0 saturated carbocycles. The van der Waals surface area contributed by atoms with E-state index in [1.165, 1.54) is 0 Å². The van der Waals surface area contributed by atoms with E-state index in [-0.39, 0.29) is 11.8 Å². The number of carbonyl (C=O) groups excluding carboxylic acids is 1. The molecule has 134 valence electrons. The van der Waals surface area contributed by atoms with Gasteiger partial charge in [0.2, 0.25) is 5.91 Å². The van der Waals surface area contributed by atoms with Crippen LogP contribution in [0.1, 0.15) is 30.1 Å². The lowest BCUT2D eigenvalue weighted by Crippen LogP contribution is -2.40. The first-order chi connectivity index (χ1) is 12.7. The molecule has 0 aromatic heterocycles. The minimum atomic E-state index is -0.439. The van der Waals surface area contributed by atoms with Gasteiger partial charge in [-0.2, -0.15) is 5.26 Å². The van der Waals surface area contributed by atoms with Gasteiger partial charge in [0.15, 0.2) is 0 Å². The Morgan fingerprint density at radius 1 is 1.15 bits per heavy atom. The van der Waals surface area contributed by atoms with E-state index in [0.717, 1.165) is 31.5 Å². The average molecular weight is 349 g/mol. The Labute approximate surface area is 153 Å². The Morgan fingerprint density at radius 3 is 2.42 bits per heavy atom. The summed E-state index contributed by atoms with van der Waals surface area (Å²) in [5, 5.41) is 22.2. The number of aliphatic hydroxyl groups is 1. The molecule has 0 bridgehead atoms. The van der Waals surface area contributed by atoms with Gasteiger partial charge in [-0.05, 0) is 61.7 Å². The molecular weight excluding hydrogens is 326 g/mol. The smallest absolute Gasteiger partial charge is 0.238 e. The van der Waals surface area contributed by atoms with Crippen LogP contribution in [0.25, 0.3) is 0 Å². The van der Waals surface area contributed by atoms with Crippen LogP contribution in [-0.4, -0.2) is 35.5 Å². The van der Waals surface area contributed by atoms with Crippen LogP contribution in [-0.2, 0) is 4.79 Å². The minimum absolute atomic E-state index is 0.0586. The van der Waals surface area contributed by atoms with Crippen LogP contribution in [0.4, 0.5) is 5.69 Å². The van der Waals surface area contributed by atoms with Crippen molar-refractivity contribution in [2.45, 2.75) is 18.9 Å². The van der Waals surface area contributed by atoms with E-state index in [2.05, 4.69) is 16.3 Å². The fourth-order valence-electron chi connectivity index (χ4n) is 3.38. The van der Waals surface area contributed by atoms with Gasteiger partial charge in [0.25, 0.3) is 0 Å². The molecule has 0 radical (unpaired) electrons. The highest BCUT2D eigenvalue weighted by molar-refractivity contribution is 5.92. The summed E-state index contributed by atoms with van der Waals surface area (Å²) >= 11 is 0. The van der Waals surface area contributed by atoms with Crippen molar-refractivity contribution in [3.8, 4) is 6.07 Å². The van der Waals surface area contributed by atoms with Crippen molar-refractivity contribution in [1.82, 2.24) is 4.90 Å². The molecule has 26 heavy (non-hydrogen) atoms. The lowest BCUT2D eigenvalue weighted by molar-refractivity contribution is -0.117. The second-order valence-electron chi connectivity index (χ2n) is 6.71. The number of amides is 1. The second-order valence-corrected chi connectivity index (χ2v) is 6.71. The number of rotatable bonds is 5. The zero-order valence-electron chi connectivity index (χ0n) is 14.6. The average Bonchev–Trinajstić information content (AvgIpc) is 2.69. The van der Waals surface area contributed by atoms with Crippen LogP contribution >= 0.6 is 0 Å². The number of nitrogens with zero attached hydrogens (tertiary/aromatic N) is 2. The summed E-state index contributed by atoms with van der Waals surface area (Å²) in [4.78, 5) is 14.3. The molecule has 5 nitrogen and oxygen atoms in total. The number of piperidine rings is 1. The third-order valence-electron chi connectivity index (χ3n) is 4.88. The number of carbonyl (C=O) groups is 1. The molecule has 5 heteroatoms. The number of likely N-dealkylation sites (tertiary alicyclic amines) is 1. The molecule has 2 N–H and O–H groups in total. The fourth-order valence-corrected chi connectivity index (χ4v) is 3.38. The summed E-state index contributed by atoms with van der Waals surface area (Å²) in [5.41, 5.74) is 2.23. The predicted octanol–water partition coefficient (Wildman–Crippen LogP) is 2.94. The van der Waals surface area contributed by atoms with Crippen molar-refractivity contribution in [2.24, 2.45) is 5.92 Å². The van der Waals surface area contributed by atoms with Crippen LogP contribution in [0, 0.1) is 17.2 Å². The van der Waals surface area contributed by atoms with Crippen LogP contribution in [0.5, 0.6) is 0 Å². The van der Waals surface area contributed by atoms with Crippen LogP contribution in [0.3, 0.4) is 0 Å². The third kappa shape index (κ3) is 4.69. The van der Waals surface area contributed by atoms with Gasteiger partial charge >= 0.3 is 0 Å². The Hall–Kier alpha value is -2.68. The van der Waals surface area contributed by atoms with Gasteiger partial charge in [0.05, 0.1) is 24.3 Å². The normalized spacial score (nSPS) is 16.6. The first-order valence-electron chi connectivity index (χ1n) is 8.91. The first-order valence-corrected chi connectivity index (χ1v) is 8.91. The topological polar surface area (TPSA) is 76.4 Å². The van der Waals surface area contributed by atoms with Crippen molar-refractivity contribution in [2.75, 3.05) is 25.0 Å². The SMILES string of the molecule is N#Cc1ccc(NC(=O)CN2CCC([C@H](O)c3ccccc3)CC2)cc1. The van der Waals surface area contributed by atoms with Gasteiger partial charge in [0, 0.05) is 5.69 Å². The predicted molar refractivity (Wildman–Crippen MR) is 100 cm³/mol. The van der Waals surface area contributed by atoms with Crippen molar-refractivity contribution in [3.05, 3.63) is 65.7 Å². The summed E-state index contributed by atoms with van der Waals surface area (Å²) in [5.74, 6) is 0.173.